The summed E-state index contributed by atoms with van der Waals surface area (Å²) < 4.78 is 30.6. The Morgan fingerprint density at radius 2 is 2.06 bits per heavy atom. The Labute approximate surface area is 103 Å². The molecule has 0 aliphatic heterocycles. The summed E-state index contributed by atoms with van der Waals surface area (Å²) in [7, 11) is 0. The van der Waals surface area contributed by atoms with Gasteiger partial charge in [0.1, 0.15) is 18.3 Å². The van der Waals surface area contributed by atoms with Crippen LogP contribution in [0.4, 0.5) is 8.78 Å². The second kappa shape index (κ2) is 5.73. The van der Waals surface area contributed by atoms with Crippen LogP contribution in [0.2, 0.25) is 0 Å². The van der Waals surface area contributed by atoms with Crippen LogP contribution in [0.25, 0.3) is 0 Å². The van der Waals surface area contributed by atoms with Gasteiger partial charge >= 0.3 is 0 Å². The minimum Gasteiger partial charge on any atom is -0.375 e. The van der Waals surface area contributed by atoms with Crippen molar-refractivity contribution in [3.63, 3.8) is 0 Å². The van der Waals surface area contributed by atoms with Gasteiger partial charge in [0.15, 0.2) is 0 Å². The molecule has 0 aromatic carbocycles. The highest BCUT2D eigenvalue weighted by Gasteiger charge is 2.28. The van der Waals surface area contributed by atoms with Crippen LogP contribution in [-0.4, -0.2) is 34.4 Å². The Hall–Kier alpha value is -0.750. The van der Waals surface area contributed by atoms with E-state index in [4.69, 9.17) is 16.3 Å². The fraction of sp³-hybridized carbons (Fsp3) is 0.800. The van der Waals surface area contributed by atoms with Crippen LogP contribution < -0.4 is 0 Å². The Bertz CT molecular complexity index is 368. The molecule has 0 spiro atoms. The molecule has 1 aliphatic rings. The Kier molecular flexibility index (Phi) is 4.28. The van der Waals surface area contributed by atoms with Crippen LogP contribution in [0.5, 0.6) is 0 Å². The fourth-order valence-corrected chi connectivity index (χ4v) is 1.89. The summed E-state index contributed by atoms with van der Waals surface area (Å²) in [6.45, 7) is -0.294. The zero-order chi connectivity index (χ0) is 12.3. The lowest BCUT2D eigenvalue weighted by Crippen LogP contribution is -2.11. The molecule has 1 saturated carbocycles. The van der Waals surface area contributed by atoms with Gasteiger partial charge in [0.2, 0.25) is 0 Å². The average Bonchev–Trinajstić information content (AvgIpc) is 3.05. The second-order valence-corrected chi connectivity index (χ2v) is 4.25. The second-order valence-electron chi connectivity index (χ2n) is 3.98. The van der Waals surface area contributed by atoms with Crippen molar-refractivity contribution in [1.29, 1.82) is 0 Å². The average molecular weight is 266 g/mol. The molecule has 1 fully saturated rings. The van der Waals surface area contributed by atoms with Crippen LogP contribution in [0, 0.1) is 0 Å². The van der Waals surface area contributed by atoms with Crippen LogP contribution >= 0.6 is 11.6 Å². The first-order valence-electron chi connectivity index (χ1n) is 5.57. The van der Waals surface area contributed by atoms with Gasteiger partial charge in [-0.05, 0) is 12.8 Å². The van der Waals surface area contributed by atoms with Crippen LogP contribution in [0.1, 0.15) is 30.5 Å². The molecule has 0 unspecified atom stereocenters. The summed E-state index contributed by atoms with van der Waals surface area (Å²) in [5.74, 6) is 1.84. The largest absolute Gasteiger partial charge is 0.375 e. The molecular weight excluding hydrogens is 252 g/mol. The highest BCUT2D eigenvalue weighted by molar-refractivity contribution is 6.16. The number of rotatable bonds is 7. The summed E-state index contributed by atoms with van der Waals surface area (Å²) in [6, 6.07) is 0.434. The van der Waals surface area contributed by atoms with Gasteiger partial charge in [-0.15, -0.1) is 21.8 Å². The molecule has 7 heteroatoms. The lowest BCUT2D eigenvalue weighted by molar-refractivity contribution is 0.0181. The maximum atomic E-state index is 11.9. The molecule has 1 aliphatic carbocycles. The minimum absolute atomic E-state index is 0.234. The van der Waals surface area contributed by atoms with E-state index in [0.717, 1.165) is 24.5 Å². The van der Waals surface area contributed by atoms with Crippen molar-refractivity contribution in [1.82, 2.24) is 14.8 Å². The number of aromatic nitrogens is 3. The fourth-order valence-electron chi connectivity index (χ4n) is 1.71. The Morgan fingerprint density at radius 1 is 1.35 bits per heavy atom. The van der Waals surface area contributed by atoms with Gasteiger partial charge in [0.25, 0.3) is 6.43 Å². The quantitative estimate of drug-likeness (QED) is 0.560. The molecule has 96 valence electrons. The van der Waals surface area contributed by atoms with Crippen molar-refractivity contribution < 1.29 is 13.5 Å². The third kappa shape index (κ3) is 3.35. The van der Waals surface area contributed by atoms with E-state index < -0.39 is 13.0 Å². The normalized spacial score (nSPS) is 15.8. The van der Waals surface area contributed by atoms with Gasteiger partial charge in [-0.2, -0.15) is 0 Å². The molecule has 1 aromatic heterocycles. The van der Waals surface area contributed by atoms with Gasteiger partial charge < -0.3 is 9.30 Å². The van der Waals surface area contributed by atoms with E-state index in [1.807, 2.05) is 4.57 Å². The molecular formula is C10H14ClF2N3O. The standard InChI is InChI=1S/C10H14ClF2N3O/c11-5-10-15-14-9(16(10)7-1-2-7)3-4-17-6-8(12)13/h7-8H,1-6H2. The van der Waals surface area contributed by atoms with Crippen molar-refractivity contribution in [2.75, 3.05) is 13.2 Å². The first-order chi connectivity index (χ1) is 8.22. The minimum atomic E-state index is -2.42. The van der Waals surface area contributed by atoms with Gasteiger partial charge in [-0.25, -0.2) is 8.78 Å². The summed E-state index contributed by atoms with van der Waals surface area (Å²) in [5, 5.41) is 8.01. The van der Waals surface area contributed by atoms with Crippen molar-refractivity contribution in [3.8, 4) is 0 Å². The number of hydrogen-bond donors (Lipinski definition) is 0. The summed E-state index contributed by atoms with van der Waals surface area (Å²) in [6.07, 6.45) is 0.280. The monoisotopic (exact) mass is 265 g/mol. The molecule has 0 radical (unpaired) electrons. The Morgan fingerprint density at radius 3 is 2.65 bits per heavy atom. The zero-order valence-corrected chi connectivity index (χ0v) is 10.0. The molecule has 0 bridgehead atoms. The molecule has 1 heterocycles. The highest BCUT2D eigenvalue weighted by atomic mass is 35.5. The molecule has 4 nitrogen and oxygen atoms in total. The lowest BCUT2D eigenvalue weighted by atomic mass is 10.4. The van der Waals surface area contributed by atoms with Crippen molar-refractivity contribution in [2.45, 2.75) is 37.6 Å². The van der Waals surface area contributed by atoms with Crippen LogP contribution in [0.15, 0.2) is 0 Å². The number of hydrogen-bond acceptors (Lipinski definition) is 3. The van der Waals surface area contributed by atoms with Gasteiger partial charge in [-0.1, -0.05) is 0 Å². The molecule has 17 heavy (non-hydrogen) atoms. The summed E-state index contributed by atoms with van der Waals surface area (Å²) >= 11 is 5.77. The predicted octanol–water partition coefficient (Wildman–Crippen LogP) is 2.18. The van der Waals surface area contributed by atoms with E-state index >= 15 is 0 Å². The van der Waals surface area contributed by atoms with Gasteiger partial charge in [-0.3, -0.25) is 0 Å². The zero-order valence-electron chi connectivity index (χ0n) is 9.28. The smallest absolute Gasteiger partial charge is 0.261 e. The van der Waals surface area contributed by atoms with Crippen molar-refractivity contribution >= 4 is 11.6 Å². The van der Waals surface area contributed by atoms with E-state index in [9.17, 15) is 8.78 Å². The van der Waals surface area contributed by atoms with E-state index in [2.05, 4.69) is 10.2 Å². The van der Waals surface area contributed by atoms with E-state index in [-0.39, 0.29) is 6.61 Å². The molecule has 1 aromatic rings. The predicted molar refractivity (Wildman–Crippen MR) is 58.4 cm³/mol. The first-order valence-corrected chi connectivity index (χ1v) is 6.10. The number of nitrogens with zero attached hydrogens (tertiary/aromatic N) is 3. The highest BCUT2D eigenvalue weighted by Crippen LogP contribution is 2.36. The Balaban J connectivity index is 1.89. The van der Waals surface area contributed by atoms with E-state index in [0.29, 0.717) is 18.3 Å². The molecule has 0 saturated heterocycles. The number of ether oxygens (including phenoxy) is 1. The van der Waals surface area contributed by atoms with Crippen molar-refractivity contribution in [3.05, 3.63) is 11.6 Å². The van der Waals surface area contributed by atoms with E-state index in [1.165, 1.54) is 0 Å². The number of alkyl halides is 3. The number of halogens is 3. The molecule has 0 N–H and O–H groups in total. The SMILES string of the molecule is FC(F)COCCc1nnc(CCl)n1C1CC1. The van der Waals surface area contributed by atoms with Gasteiger partial charge in [0, 0.05) is 12.5 Å². The maximum Gasteiger partial charge on any atom is 0.261 e. The van der Waals surface area contributed by atoms with Gasteiger partial charge in [0.05, 0.1) is 12.5 Å². The molecule has 0 amide bonds. The molecule has 0 atom stereocenters. The van der Waals surface area contributed by atoms with Crippen LogP contribution in [0.3, 0.4) is 0 Å². The lowest BCUT2D eigenvalue weighted by Gasteiger charge is -2.07. The topological polar surface area (TPSA) is 39.9 Å². The maximum absolute atomic E-state index is 11.9. The van der Waals surface area contributed by atoms with Crippen LogP contribution in [-0.2, 0) is 17.0 Å². The third-order valence-electron chi connectivity index (χ3n) is 2.58. The first kappa shape index (κ1) is 12.7. The third-order valence-corrected chi connectivity index (χ3v) is 2.82. The summed E-state index contributed by atoms with van der Waals surface area (Å²) in [4.78, 5) is 0. The van der Waals surface area contributed by atoms with Crippen molar-refractivity contribution in [2.24, 2.45) is 0 Å². The summed E-state index contributed by atoms with van der Waals surface area (Å²) in [5.41, 5.74) is 0. The van der Waals surface area contributed by atoms with E-state index in [1.54, 1.807) is 0 Å². The molecule has 2 rings (SSSR count).